The smallest absolute Gasteiger partial charge is 0.107 e. The van der Waals surface area contributed by atoms with E-state index >= 15 is 0 Å². The van der Waals surface area contributed by atoms with E-state index in [0.717, 1.165) is 6.42 Å². The van der Waals surface area contributed by atoms with Crippen molar-refractivity contribution in [2.75, 3.05) is 13.2 Å². The Hall–Kier alpha value is -0.120. The van der Waals surface area contributed by atoms with E-state index < -0.39 is 0 Å². The Kier molecular flexibility index (Phi) is 19.8. The molecule has 0 aliphatic carbocycles. The van der Waals surface area contributed by atoms with Gasteiger partial charge in [-0.1, -0.05) is 96.8 Å². The lowest BCUT2D eigenvalue weighted by Crippen LogP contribution is -3.06. The van der Waals surface area contributed by atoms with E-state index in [2.05, 4.69) is 6.92 Å². The molecular formula is C20H43NO2. The lowest BCUT2D eigenvalue weighted by molar-refractivity contribution is -1.05. The molecule has 1 atom stereocenters. The third-order valence-electron chi connectivity index (χ3n) is 4.54. The van der Waals surface area contributed by atoms with Crippen molar-refractivity contribution in [3.63, 3.8) is 0 Å². The van der Waals surface area contributed by atoms with E-state index in [0.29, 0.717) is 13.2 Å². The molecule has 0 saturated carbocycles. The molecule has 0 aromatic heterocycles. The van der Waals surface area contributed by atoms with Crippen molar-refractivity contribution in [3.8, 4) is 0 Å². The molecule has 23 heavy (non-hydrogen) atoms. The Morgan fingerprint density at radius 2 is 0.913 bits per heavy atom. The van der Waals surface area contributed by atoms with Crippen LogP contribution < -0.4 is 5.23 Å². The van der Waals surface area contributed by atoms with Gasteiger partial charge < -0.3 is 5.21 Å². The predicted octanol–water partition coefficient (Wildman–Crippen LogP) is 5.58. The molecule has 0 rings (SSSR count). The molecule has 0 saturated heterocycles. The summed E-state index contributed by atoms with van der Waals surface area (Å²) in [5, 5.41) is 11.1. The van der Waals surface area contributed by atoms with Crippen LogP contribution in [0.2, 0.25) is 0 Å². The summed E-state index contributed by atoms with van der Waals surface area (Å²) in [6, 6.07) is 0. The van der Waals surface area contributed by atoms with E-state index in [1.54, 1.807) is 0 Å². The highest BCUT2D eigenvalue weighted by molar-refractivity contribution is 4.49. The van der Waals surface area contributed by atoms with E-state index in [9.17, 15) is 5.21 Å². The first-order valence-electron chi connectivity index (χ1n) is 10.5. The third-order valence-corrected chi connectivity index (χ3v) is 4.54. The molecule has 3 nitrogen and oxygen atoms in total. The second-order valence-corrected chi connectivity index (χ2v) is 6.86. The molecule has 1 N–H and O–H groups in total. The Morgan fingerprint density at radius 3 is 1.26 bits per heavy atom. The first-order chi connectivity index (χ1) is 11.3. The van der Waals surface area contributed by atoms with Crippen molar-refractivity contribution in [2.24, 2.45) is 0 Å². The zero-order valence-electron chi connectivity index (χ0n) is 16.0. The lowest BCUT2D eigenvalue weighted by atomic mass is 10.0. The zero-order valence-corrected chi connectivity index (χ0v) is 16.0. The minimum Gasteiger partial charge on any atom is -0.600 e. The van der Waals surface area contributed by atoms with E-state index in [-0.39, 0.29) is 5.23 Å². The maximum atomic E-state index is 11.2. The summed E-state index contributed by atoms with van der Waals surface area (Å²) < 4.78 is 0. The molecule has 0 amide bonds. The van der Waals surface area contributed by atoms with Gasteiger partial charge in [0.1, 0.15) is 13.2 Å². The van der Waals surface area contributed by atoms with Crippen molar-refractivity contribution in [2.45, 2.75) is 117 Å². The van der Waals surface area contributed by atoms with Gasteiger partial charge in [-0.05, 0) is 19.8 Å². The van der Waals surface area contributed by atoms with Crippen LogP contribution in [0.3, 0.4) is 0 Å². The molecule has 0 spiro atoms. The standard InChI is InChI=1S/C20H43NO2/c1-3-5-6-7-8-9-10-11-12-13-14-15-16-17-18-19-20-21(22)23-4-2/h21H,3-20H2,1-2H3. The predicted molar refractivity (Wildman–Crippen MR) is 100 cm³/mol. The minimum atomic E-state index is -0.0298. The van der Waals surface area contributed by atoms with Gasteiger partial charge in [0, 0.05) is 0 Å². The molecule has 0 radical (unpaired) electrons. The maximum absolute atomic E-state index is 11.2. The first-order valence-corrected chi connectivity index (χ1v) is 10.5. The SMILES string of the molecule is CCCCCCCCCCCCCCCCCC[NH+]([O-])OCC. The highest BCUT2D eigenvalue weighted by atomic mass is 16.9. The van der Waals surface area contributed by atoms with Gasteiger partial charge in [0.2, 0.25) is 0 Å². The topological polar surface area (TPSA) is 36.7 Å². The van der Waals surface area contributed by atoms with Gasteiger partial charge in [0.15, 0.2) is 0 Å². The summed E-state index contributed by atoms with van der Waals surface area (Å²) in [4.78, 5) is 4.93. The van der Waals surface area contributed by atoms with Crippen LogP contribution in [0.15, 0.2) is 0 Å². The normalized spacial score (nSPS) is 12.7. The van der Waals surface area contributed by atoms with Crippen LogP contribution in [0.4, 0.5) is 0 Å². The minimum absolute atomic E-state index is 0.0298. The summed E-state index contributed by atoms with van der Waals surface area (Å²) in [6.07, 6.45) is 21.8. The van der Waals surface area contributed by atoms with E-state index in [4.69, 9.17) is 4.84 Å². The lowest BCUT2D eigenvalue weighted by Gasteiger charge is -2.18. The summed E-state index contributed by atoms with van der Waals surface area (Å²) in [5.74, 6) is 0. The Labute approximate surface area is 145 Å². The van der Waals surface area contributed by atoms with Gasteiger partial charge in [0.05, 0.1) is 0 Å². The summed E-state index contributed by atoms with van der Waals surface area (Å²) in [7, 11) is 0. The van der Waals surface area contributed by atoms with Gasteiger partial charge in [-0.3, -0.25) is 0 Å². The number of hydrogen-bond donors (Lipinski definition) is 1. The van der Waals surface area contributed by atoms with Crippen LogP contribution in [0.1, 0.15) is 117 Å². The monoisotopic (exact) mass is 329 g/mol. The number of unbranched alkanes of at least 4 members (excludes halogenated alkanes) is 15. The fraction of sp³-hybridized carbons (Fsp3) is 1.00. The summed E-state index contributed by atoms with van der Waals surface area (Å²) >= 11 is 0. The number of nitrogens with one attached hydrogen (secondary N) is 1. The molecule has 3 heteroatoms. The average Bonchev–Trinajstić information content (AvgIpc) is 2.54. The number of hydroxylamine groups is 2. The molecule has 0 fully saturated rings. The maximum Gasteiger partial charge on any atom is 0.107 e. The molecule has 1 unspecified atom stereocenters. The second-order valence-electron chi connectivity index (χ2n) is 6.86. The first kappa shape index (κ1) is 22.9. The Morgan fingerprint density at radius 1 is 0.565 bits per heavy atom. The Balaban J connectivity index is 3.00. The van der Waals surface area contributed by atoms with Crippen LogP contribution in [0.25, 0.3) is 0 Å². The Bertz CT molecular complexity index is 212. The molecule has 0 aromatic rings. The van der Waals surface area contributed by atoms with Gasteiger partial charge in [0.25, 0.3) is 0 Å². The fourth-order valence-corrected chi connectivity index (χ4v) is 3.05. The van der Waals surface area contributed by atoms with Crippen molar-refractivity contribution in [3.05, 3.63) is 5.21 Å². The van der Waals surface area contributed by atoms with Crippen LogP contribution in [-0.4, -0.2) is 13.2 Å². The molecule has 0 aliphatic heterocycles. The van der Waals surface area contributed by atoms with Crippen LogP contribution >= 0.6 is 0 Å². The summed E-state index contributed by atoms with van der Waals surface area (Å²) in [6.45, 7) is 5.26. The van der Waals surface area contributed by atoms with E-state index in [1.165, 1.54) is 96.3 Å². The average molecular weight is 330 g/mol. The third kappa shape index (κ3) is 19.8. The van der Waals surface area contributed by atoms with Crippen LogP contribution in [0.5, 0.6) is 0 Å². The molecule has 0 aromatic carbocycles. The zero-order chi connectivity index (χ0) is 17.0. The molecule has 0 bridgehead atoms. The molecule has 140 valence electrons. The highest BCUT2D eigenvalue weighted by Gasteiger charge is 1.97. The van der Waals surface area contributed by atoms with Gasteiger partial charge >= 0.3 is 0 Å². The summed E-state index contributed by atoms with van der Waals surface area (Å²) in [5.41, 5.74) is 0. The van der Waals surface area contributed by atoms with Crippen molar-refractivity contribution in [1.29, 1.82) is 0 Å². The quantitative estimate of drug-likeness (QED) is 0.248. The number of quaternary nitrogens is 1. The van der Waals surface area contributed by atoms with Crippen LogP contribution in [-0.2, 0) is 4.84 Å². The van der Waals surface area contributed by atoms with E-state index in [1.807, 2.05) is 6.92 Å². The number of rotatable bonds is 19. The molecule has 0 heterocycles. The fourth-order valence-electron chi connectivity index (χ4n) is 3.05. The second kappa shape index (κ2) is 19.9. The van der Waals surface area contributed by atoms with Gasteiger partial charge in [-0.25, -0.2) is 10.1 Å². The molecule has 0 aliphatic rings. The highest BCUT2D eigenvalue weighted by Crippen LogP contribution is 2.13. The van der Waals surface area contributed by atoms with Crippen LogP contribution in [0, 0.1) is 5.21 Å². The van der Waals surface area contributed by atoms with Gasteiger partial charge in [-0.2, -0.15) is 0 Å². The van der Waals surface area contributed by atoms with Gasteiger partial charge in [-0.15, -0.1) is 0 Å². The van der Waals surface area contributed by atoms with Crippen molar-refractivity contribution < 1.29 is 10.1 Å². The van der Waals surface area contributed by atoms with Crippen molar-refractivity contribution in [1.82, 2.24) is 0 Å². The number of hydrogen-bond acceptors (Lipinski definition) is 2. The largest absolute Gasteiger partial charge is 0.600 e. The molecular weight excluding hydrogens is 286 g/mol. The van der Waals surface area contributed by atoms with Crippen molar-refractivity contribution >= 4 is 0 Å².